The van der Waals surface area contributed by atoms with E-state index in [1.54, 1.807) is 35.1 Å². The molecular formula is C22H26F3N5O3. The van der Waals surface area contributed by atoms with E-state index in [1.165, 1.54) is 13.2 Å². The van der Waals surface area contributed by atoms with Crippen molar-refractivity contribution in [1.29, 1.82) is 0 Å². The number of ether oxygens (including phenoxy) is 2. The van der Waals surface area contributed by atoms with Gasteiger partial charge in [-0.2, -0.15) is 18.3 Å². The summed E-state index contributed by atoms with van der Waals surface area (Å²) < 4.78 is 50.6. The van der Waals surface area contributed by atoms with Crippen LogP contribution in [-0.4, -0.2) is 56.1 Å². The molecule has 1 unspecified atom stereocenters. The van der Waals surface area contributed by atoms with Crippen molar-refractivity contribution >= 4 is 0 Å². The zero-order valence-electron chi connectivity index (χ0n) is 18.7. The fraction of sp³-hybridized carbons (Fsp3) is 0.409. The van der Waals surface area contributed by atoms with E-state index >= 15 is 0 Å². The summed E-state index contributed by atoms with van der Waals surface area (Å²) in [5.74, 6) is 0.415. The van der Waals surface area contributed by atoms with Gasteiger partial charge in [-0.3, -0.25) is 9.58 Å². The van der Waals surface area contributed by atoms with Gasteiger partial charge >= 0.3 is 6.18 Å². The Bertz CT molecular complexity index is 1060. The number of halogens is 3. The Balaban J connectivity index is 1.78. The van der Waals surface area contributed by atoms with E-state index in [1.807, 2.05) is 19.9 Å². The Morgan fingerprint density at radius 1 is 1.15 bits per heavy atom. The molecule has 8 nitrogen and oxygen atoms in total. The summed E-state index contributed by atoms with van der Waals surface area (Å²) in [5, 5.41) is 15.7. The lowest BCUT2D eigenvalue weighted by Gasteiger charge is -2.33. The number of aromatic nitrogens is 4. The summed E-state index contributed by atoms with van der Waals surface area (Å²) in [4.78, 5) is 9.75. The number of alkyl halides is 3. The molecule has 0 amide bonds. The SMILES string of the molecule is CCN(C(O)c1cc(OC)ncc1-c1ccn(C)n1)[C@@H](C)COc1ccc(C(F)(F)F)cn1. The number of hydrogen-bond donors (Lipinski definition) is 1. The Morgan fingerprint density at radius 2 is 1.88 bits per heavy atom. The topological polar surface area (TPSA) is 85.5 Å². The fourth-order valence-electron chi connectivity index (χ4n) is 3.39. The van der Waals surface area contributed by atoms with Gasteiger partial charge in [-0.25, -0.2) is 9.97 Å². The van der Waals surface area contributed by atoms with Crippen molar-refractivity contribution in [2.24, 2.45) is 7.05 Å². The Kier molecular flexibility index (Phi) is 7.54. The first kappa shape index (κ1) is 24.5. The van der Waals surface area contributed by atoms with Crippen LogP contribution >= 0.6 is 0 Å². The number of likely N-dealkylation sites (N-methyl/N-ethyl adjacent to an activating group) is 1. The quantitative estimate of drug-likeness (QED) is 0.483. The van der Waals surface area contributed by atoms with E-state index in [2.05, 4.69) is 15.1 Å². The number of aryl methyl sites for hydroxylation is 1. The first-order valence-electron chi connectivity index (χ1n) is 10.3. The second-order valence-corrected chi connectivity index (χ2v) is 7.44. The van der Waals surface area contributed by atoms with E-state index in [-0.39, 0.29) is 18.5 Å². The molecule has 0 saturated carbocycles. The summed E-state index contributed by atoms with van der Waals surface area (Å²) in [7, 11) is 3.29. The third kappa shape index (κ3) is 5.79. The van der Waals surface area contributed by atoms with Crippen LogP contribution in [0.5, 0.6) is 11.8 Å². The number of pyridine rings is 2. The van der Waals surface area contributed by atoms with E-state index in [0.717, 1.165) is 12.3 Å². The highest BCUT2D eigenvalue weighted by Gasteiger charge is 2.31. The van der Waals surface area contributed by atoms with Crippen LogP contribution < -0.4 is 9.47 Å². The maximum Gasteiger partial charge on any atom is 0.417 e. The highest BCUT2D eigenvalue weighted by atomic mass is 19.4. The van der Waals surface area contributed by atoms with Crippen LogP contribution in [0.3, 0.4) is 0 Å². The van der Waals surface area contributed by atoms with Crippen LogP contribution in [0, 0.1) is 0 Å². The number of aliphatic hydroxyl groups excluding tert-OH is 1. The van der Waals surface area contributed by atoms with E-state index < -0.39 is 18.0 Å². The molecule has 11 heteroatoms. The molecule has 178 valence electrons. The molecule has 0 saturated heterocycles. The molecule has 3 heterocycles. The van der Waals surface area contributed by atoms with Gasteiger partial charge < -0.3 is 14.6 Å². The van der Waals surface area contributed by atoms with Crippen molar-refractivity contribution in [2.75, 3.05) is 20.3 Å². The molecule has 0 bridgehead atoms. The molecule has 0 aliphatic rings. The molecule has 2 atom stereocenters. The van der Waals surface area contributed by atoms with Crippen molar-refractivity contribution in [1.82, 2.24) is 24.6 Å². The number of hydrogen-bond acceptors (Lipinski definition) is 7. The lowest BCUT2D eigenvalue weighted by molar-refractivity contribution is -0.137. The maximum atomic E-state index is 12.7. The van der Waals surface area contributed by atoms with Crippen LogP contribution in [0.25, 0.3) is 11.3 Å². The lowest BCUT2D eigenvalue weighted by atomic mass is 10.0. The van der Waals surface area contributed by atoms with Crippen LogP contribution in [0.15, 0.2) is 42.9 Å². The summed E-state index contributed by atoms with van der Waals surface area (Å²) >= 11 is 0. The van der Waals surface area contributed by atoms with E-state index in [4.69, 9.17) is 9.47 Å². The summed E-state index contributed by atoms with van der Waals surface area (Å²) in [6.07, 6.45) is -1.38. The van der Waals surface area contributed by atoms with Gasteiger partial charge in [-0.1, -0.05) is 6.92 Å². The van der Waals surface area contributed by atoms with E-state index in [0.29, 0.717) is 29.2 Å². The van der Waals surface area contributed by atoms with Gasteiger partial charge in [-0.15, -0.1) is 0 Å². The molecule has 3 aromatic heterocycles. The molecule has 1 N–H and O–H groups in total. The summed E-state index contributed by atoms with van der Waals surface area (Å²) in [6.45, 7) is 4.30. The maximum absolute atomic E-state index is 12.7. The number of rotatable bonds is 9. The molecule has 0 aromatic carbocycles. The monoisotopic (exact) mass is 465 g/mol. The minimum Gasteiger partial charge on any atom is -0.481 e. The molecule has 3 rings (SSSR count). The Morgan fingerprint density at radius 3 is 2.42 bits per heavy atom. The average molecular weight is 465 g/mol. The molecule has 0 fully saturated rings. The summed E-state index contributed by atoms with van der Waals surface area (Å²) in [5.41, 5.74) is 1.01. The van der Waals surface area contributed by atoms with Gasteiger partial charge in [0.1, 0.15) is 12.8 Å². The predicted molar refractivity (Wildman–Crippen MR) is 115 cm³/mol. The normalized spacial score (nSPS) is 13.7. The van der Waals surface area contributed by atoms with Crippen molar-refractivity contribution in [3.05, 3.63) is 54.0 Å². The molecule has 0 aliphatic heterocycles. The third-order valence-electron chi connectivity index (χ3n) is 5.17. The molecule has 0 radical (unpaired) electrons. The molecule has 33 heavy (non-hydrogen) atoms. The first-order valence-corrected chi connectivity index (χ1v) is 10.3. The lowest BCUT2D eigenvalue weighted by Crippen LogP contribution is -2.40. The van der Waals surface area contributed by atoms with Gasteiger partial charge in [-0.05, 0) is 25.6 Å². The third-order valence-corrected chi connectivity index (χ3v) is 5.17. The van der Waals surface area contributed by atoms with Gasteiger partial charge in [0, 0.05) is 54.9 Å². The smallest absolute Gasteiger partial charge is 0.417 e. The van der Waals surface area contributed by atoms with Gasteiger partial charge in [0.05, 0.1) is 18.4 Å². The average Bonchev–Trinajstić information content (AvgIpc) is 3.23. The number of nitrogens with zero attached hydrogens (tertiary/aromatic N) is 5. The van der Waals surface area contributed by atoms with Crippen molar-refractivity contribution in [3.8, 4) is 23.0 Å². The molecule has 3 aromatic rings. The molecular weight excluding hydrogens is 439 g/mol. The van der Waals surface area contributed by atoms with Crippen LogP contribution in [-0.2, 0) is 13.2 Å². The largest absolute Gasteiger partial charge is 0.481 e. The highest BCUT2D eigenvalue weighted by molar-refractivity contribution is 5.63. The standard InChI is InChI=1S/C22H26F3N5O3/c1-5-30(14(2)13-33-19-7-6-15(11-26-19)22(23,24)25)21(31)16-10-20(32-4)27-12-17(16)18-8-9-29(3)28-18/h6-12,14,21,31H,5,13H2,1-4H3/t14-,21?/m0/s1. The second kappa shape index (κ2) is 10.2. The Labute approximate surface area is 189 Å². The van der Waals surface area contributed by atoms with Gasteiger partial charge in [0.15, 0.2) is 0 Å². The first-order chi connectivity index (χ1) is 15.6. The zero-order chi connectivity index (χ0) is 24.2. The molecule has 0 aliphatic carbocycles. The minimum absolute atomic E-state index is 0.0696. The van der Waals surface area contributed by atoms with Gasteiger partial charge in [0.2, 0.25) is 11.8 Å². The Hall–Kier alpha value is -3.18. The zero-order valence-corrected chi connectivity index (χ0v) is 18.7. The second-order valence-electron chi connectivity index (χ2n) is 7.44. The molecule has 0 spiro atoms. The van der Waals surface area contributed by atoms with Crippen LogP contribution in [0.4, 0.5) is 13.2 Å². The number of methoxy groups -OCH3 is 1. The fourth-order valence-corrected chi connectivity index (χ4v) is 3.39. The van der Waals surface area contributed by atoms with Crippen molar-refractivity contribution in [3.63, 3.8) is 0 Å². The predicted octanol–water partition coefficient (Wildman–Crippen LogP) is 3.68. The van der Waals surface area contributed by atoms with Crippen LogP contribution in [0.2, 0.25) is 0 Å². The summed E-state index contributed by atoms with van der Waals surface area (Å²) in [6, 6.07) is 5.27. The van der Waals surface area contributed by atoms with E-state index in [9.17, 15) is 18.3 Å². The van der Waals surface area contributed by atoms with Gasteiger partial charge in [0.25, 0.3) is 0 Å². The van der Waals surface area contributed by atoms with Crippen molar-refractivity contribution < 1.29 is 27.8 Å². The van der Waals surface area contributed by atoms with Crippen LogP contribution in [0.1, 0.15) is 31.2 Å². The minimum atomic E-state index is -4.46. The van der Waals surface area contributed by atoms with Crippen molar-refractivity contribution in [2.45, 2.75) is 32.3 Å². The highest BCUT2D eigenvalue weighted by Crippen LogP contribution is 2.32. The number of aliphatic hydroxyl groups is 1.